The van der Waals surface area contributed by atoms with Crippen molar-refractivity contribution in [1.29, 1.82) is 0 Å². The number of rotatable bonds is 12. The first-order valence-electron chi connectivity index (χ1n) is 9.66. The molecule has 0 fully saturated rings. The zero-order valence-corrected chi connectivity index (χ0v) is 18.1. The van der Waals surface area contributed by atoms with Crippen LogP contribution in [0.4, 0.5) is 0 Å². The number of aliphatic carboxylic acids is 1. The van der Waals surface area contributed by atoms with Crippen LogP contribution in [0.15, 0.2) is 25.0 Å². The number of aromatic nitrogens is 4. The van der Waals surface area contributed by atoms with Gasteiger partial charge in [-0.25, -0.2) is 14.8 Å². The molecule has 3 amide bonds. The lowest BCUT2D eigenvalue weighted by atomic mass is 10.1. The molecular weight excluding hydrogens is 440 g/mol. The molecule has 0 radical (unpaired) electrons. The minimum absolute atomic E-state index is 0.00865. The average molecular weight is 467 g/mol. The Kier molecular flexibility index (Phi) is 9.22. The Morgan fingerprint density at radius 1 is 0.969 bits per heavy atom. The van der Waals surface area contributed by atoms with Gasteiger partial charge in [0.1, 0.15) is 18.1 Å². The number of hydrogen-bond donors (Lipinski definition) is 8. The predicted molar refractivity (Wildman–Crippen MR) is 116 cm³/mol. The second kappa shape index (κ2) is 11.9. The summed E-state index contributed by atoms with van der Waals surface area (Å²) in [4.78, 5) is 61.9. The number of carboxylic acids is 1. The molecule has 32 heavy (non-hydrogen) atoms. The molecule has 0 spiro atoms. The van der Waals surface area contributed by atoms with E-state index in [0.717, 1.165) is 0 Å². The van der Waals surface area contributed by atoms with Crippen molar-refractivity contribution in [3.63, 3.8) is 0 Å². The van der Waals surface area contributed by atoms with Gasteiger partial charge in [-0.1, -0.05) is 0 Å². The molecule has 2 aromatic heterocycles. The third-order valence-corrected chi connectivity index (χ3v) is 4.86. The molecule has 0 aromatic carbocycles. The van der Waals surface area contributed by atoms with Crippen LogP contribution >= 0.6 is 12.6 Å². The van der Waals surface area contributed by atoms with E-state index in [4.69, 9.17) is 5.73 Å². The number of aromatic amines is 2. The molecule has 0 aliphatic rings. The molecule has 2 rings (SSSR count). The van der Waals surface area contributed by atoms with Gasteiger partial charge in [-0.05, 0) is 6.92 Å². The highest BCUT2D eigenvalue weighted by atomic mass is 32.1. The zero-order valence-electron chi connectivity index (χ0n) is 17.2. The van der Waals surface area contributed by atoms with E-state index < -0.39 is 47.9 Å². The fourth-order valence-electron chi connectivity index (χ4n) is 2.69. The fourth-order valence-corrected chi connectivity index (χ4v) is 2.95. The van der Waals surface area contributed by atoms with Crippen molar-refractivity contribution in [2.45, 2.75) is 43.9 Å². The van der Waals surface area contributed by atoms with E-state index in [2.05, 4.69) is 48.5 Å². The van der Waals surface area contributed by atoms with Gasteiger partial charge in [0.15, 0.2) is 0 Å². The first-order valence-corrected chi connectivity index (χ1v) is 10.3. The number of nitrogens with two attached hydrogens (primary N) is 1. The first-order chi connectivity index (χ1) is 15.2. The molecule has 8 N–H and O–H groups in total. The van der Waals surface area contributed by atoms with Gasteiger partial charge >= 0.3 is 5.97 Å². The third-order valence-electron chi connectivity index (χ3n) is 4.49. The van der Waals surface area contributed by atoms with Gasteiger partial charge in [-0.2, -0.15) is 12.6 Å². The summed E-state index contributed by atoms with van der Waals surface area (Å²) in [5.74, 6) is -3.22. The Morgan fingerprint density at radius 2 is 1.53 bits per heavy atom. The van der Waals surface area contributed by atoms with Gasteiger partial charge in [-0.3, -0.25) is 14.4 Å². The number of thiol groups is 1. The molecule has 4 unspecified atom stereocenters. The molecule has 0 saturated carbocycles. The summed E-state index contributed by atoms with van der Waals surface area (Å²) in [5.41, 5.74) is 7.04. The van der Waals surface area contributed by atoms with Crippen molar-refractivity contribution >= 4 is 36.3 Å². The Morgan fingerprint density at radius 3 is 2.03 bits per heavy atom. The van der Waals surface area contributed by atoms with Crippen LogP contribution in [0.1, 0.15) is 18.3 Å². The van der Waals surface area contributed by atoms with E-state index >= 15 is 0 Å². The van der Waals surface area contributed by atoms with Gasteiger partial charge in [0, 0.05) is 42.4 Å². The van der Waals surface area contributed by atoms with Crippen LogP contribution in [0, 0.1) is 0 Å². The molecule has 0 aliphatic carbocycles. The van der Waals surface area contributed by atoms with Crippen LogP contribution in [0.5, 0.6) is 0 Å². The van der Waals surface area contributed by atoms with Crippen molar-refractivity contribution in [1.82, 2.24) is 35.9 Å². The molecule has 13 nitrogen and oxygen atoms in total. The summed E-state index contributed by atoms with van der Waals surface area (Å²) in [7, 11) is 0. The van der Waals surface area contributed by atoms with E-state index in [1.165, 1.54) is 32.0 Å². The smallest absolute Gasteiger partial charge is 0.326 e. The first kappa shape index (κ1) is 24.9. The summed E-state index contributed by atoms with van der Waals surface area (Å²) in [5, 5.41) is 16.6. The van der Waals surface area contributed by atoms with Crippen LogP contribution in [-0.4, -0.2) is 78.7 Å². The number of nitrogens with zero attached hydrogens (tertiary/aromatic N) is 2. The van der Waals surface area contributed by atoms with Crippen molar-refractivity contribution < 1.29 is 24.3 Å². The normalized spacial score (nSPS) is 14.6. The van der Waals surface area contributed by atoms with Crippen LogP contribution in [0.25, 0.3) is 0 Å². The molecule has 0 aliphatic heterocycles. The van der Waals surface area contributed by atoms with Gasteiger partial charge in [-0.15, -0.1) is 0 Å². The van der Waals surface area contributed by atoms with Crippen molar-refractivity contribution in [3.05, 3.63) is 36.4 Å². The van der Waals surface area contributed by atoms with E-state index in [9.17, 15) is 24.3 Å². The Bertz CT molecular complexity index is 905. The number of H-pyrrole nitrogens is 2. The maximum atomic E-state index is 12.5. The van der Waals surface area contributed by atoms with Crippen LogP contribution in [0.2, 0.25) is 0 Å². The lowest BCUT2D eigenvalue weighted by Gasteiger charge is -2.22. The zero-order chi connectivity index (χ0) is 23.7. The lowest BCUT2D eigenvalue weighted by molar-refractivity contribution is -0.142. The minimum Gasteiger partial charge on any atom is -0.480 e. The Labute approximate surface area is 188 Å². The summed E-state index contributed by atoms with van der Waals surface area (Å²) < 4.78 is 0. The molecule has 14 heteroatoms. The molecule has 174 valence electrons. The van der Waals surface area contributed by atoms with Crippen LogP contribution < -0.4 is 21.7 Å². The van der Waals surface area contributed by atoms with Crippen molar-refractivity contribution in [2.75, 3.05) is 5.75 Å². The number of imidazole rings is 2. The third kappa shape index (κ3) is 7.39. The average Bonchev–Trinajstić information content (AvgIpc) is 3.45. The standard InChI is InChI=1S/C18H26N8O5S/c1-9(15(27)25-13(18(30)31)3-11-5-21-8-23-11)24-17(29)14(6-32)26-16(28)12(19)2-10-4-20-7-22-10/h4-5,7-9,12-14,32H,2-3,6,19H2,1H3,(H,20,22)(H,21,23)(H,24,29)(H,25,27)(H,26,28)(H,30,31). The molecular formula is C18H26N8O5S. The Hall–Kier alpha value is -3.39. The summed E-state index contributed by atoms with van der Waals surface area (Å²) in [6, 6.07) is -4.26. The van der Waals surface area contributed by atoms with E-state index in [-0.39, 0.29) is 18.6 Å². The van der Waals surface area contributed by atoms with Gasteiger partial charge in [0.25, 0.3) is 0 Å². The number of carbonyl (C=O) groups is 4. The highest BCUT2D eigenvalue weighted by Crippen LogP contribution is 2.01. The number of amides is 3. The topological polar surface area (TPSA) is 208 Å². The largest absolute Gasteiger partial charge is 0.480 e. The number of carboxylic acid groups (broad SMARTS) is 1. The maximum absolute atomic E-state index is 12.5. The summed E-state index contributed by atoms with van der Waals surface area (Å²) in [6.45, 7) is 1.39. The second-order valence-corrected chi connectivity index (χ2v) is 7.41. The summed E-state index contributed by atoms with van der Waals surface area (Å²) >= 11 is 4.07. The second-order valence-electron chi connectivity index (χ2n) is 7.04. The minimum atomic E-state index is -1.24. The Balaban J connectivity index is 1.88. The molecule has 0 saturated heterocycles. The lowest BCUT2D eigenvalue weighted by Crippen LogP contribution is -2.57. The predicted octanol–water partition coefficient (Wildman–Crippen LogP) is -2.27. The number of hydrogen-bond acceptors (Lipinski definition) is 8. The van der Waals surface area contributed by atoms with Crippen LogP contribution in [0.3, 0.4) is 0 Å². The van der Waals surface area contributed by atoms with Crippen LogP contribution in [-0.2, 0) is 32.0 Å². The van der Waals surface area contributed by atoms with E-state index in [1.54, 1.807) is 0 Å². The van der Waals surface area contributed by atoms with E-state index in [0.29, 0.717) is 11.4 Å². The van der Waals surface area contributed by atoms with Gasteiger partial charge in [0.05, 0.1) is 18.7 Å². The molecule has 2 aromatic rings. The van der Waals surface area contributed by atoms with Gasteiger partial charge in [0.2, 0.25) is 17.7 Å². The fraction of sp³-hybridized carbons (Fsp3) is 0.444. The summed E-state index contributed by atoms with van der Waals surface area (Å²) in [6.07, 6.45) is 6.02. The quantitative estimate of drug-likeness (QED) is 0.160. The van der Waals surface area contributed by atoms with Crippen molar-refractivity contribution in [3.8, 4) is 0 Å². The number of carbonyl (C=O) groups excluding carboxylic acids is 3. The highest BCUT2D eigenvalue weighted by molar-refractivity contribution is 7.80. The monoisotopic (exact) mass is 466 g/mol. The molecule has 4 atom stereocenters. The van der Waals surface area contributed by atoms with Crippen molar-refractivity contribution in [2.24, 2.45) is 5.73 Å². The van der Waals surface area contributed by atoms with Gasteiger partial charge < -0.3 is 36.8 Å². The van der Waals surface area contributed by atoms with E-state index in [1.807, 2.05) is 0 Å². The SMILES string of the molecule is CC(NC(=O)C(CS)NC(=O)C(N)Cc1cnc[nH]1)C(=O)NC(Cc1cnc[nH]1)C(=O)O. The highest BCUT2D eigenvalue weighted by Gasteiger charge is 2.28. The molecule has 0 bridgehead atoms. The maximum Gasteiger partial charge on any atom is 0.326 e. The molecule has 2 heterocycles. The number of nitrogens with one attached hydrogen (secondary N) is 5.